The Balaban J connectivity index is 2.07. The maximum absolute atomic E-state index is 12.3. The maximum atomic E-state index is 12.3. The molecule has 110 valence electrons. The van der Waals surface area contributed by atoms with Crippen LogP contribution in [0.15, 0.2) is 24.3 Å². The van der Waals surface area contributed by atoms with Crippen LogP contribution in [0.1, 0.15) is 45.1 Å². The standard InChI is InChI=1S/C17H26N2O/c1-17(2,13-18)11-6-12-19-15-9-4-3-7-14(15)8-5-10-16(19)20/h3-4,7,9H,5-6,8,10-13,18H2,1-2H3. The Morgan fingerprint density at radius 3 is 2.75 bits per heavy atom. The molecule has 2 N–H and O–H groups in total. The molecule has 1 aliphatic rings. The second-order valence-corrected chi connectivity index (χ2v) is 6.50. The highest BCUT2D eigenvalue weighted by atomic mass is 16.2. The lowest BCUT2D eigenvalue weighted by Gasteiger charge is -2.26. The molecule has 0 fully saturated rings. The van der Waals surface area contributed by atoms with Crippen LogP contribution in [-0.4, -0.2) is 19.0 Å². The minimum Gasteiger partial charge on any atom is -0.330 e. The molecule has 0 aromatic heterocycles. The fraction of sp³-hybridized carbons (Fsp3) is 0.588. The molecule has 0 atom stereocenters. The van der Waals surface area contributed by atoms with Crippen LogP contribution in [0.2, 0.25) is 0 Å². The smallest absolute Gasteiger partial charge is 0.226 e. The van der Waals surface area contributed by atoms with E-state index in [4.69, 9.17) is 5.73 Å². The number of anilines is 1. The Kier molecular flexibility index (Phi) is 4.81. The van der Waals surface area contributed by atoms with Crippen molar-refractivity contribution in [3.8, 4) is 0 Å². The van der Waals surface area contributed by atoms with Gasteiger partial charge in [-0.05, 0) is 49.3 Å². The van der Waals surface area contributed by atoms with Gasteiger partial charge in [0.05, 0.1) is 0 Å². The van der Waals surface area contributed by atoms with Gasteiger partial charge in [0, 0.05) is 18.7 Å². The largest absolute Gasteiger partial charge is 0.330 e. The molecule has 2 rings (SSSR count). The Morgan fingerprint density at radius 1 is 1.25 bits per heavy atom. The molecule has 0 bridgehead atoms. The van der Waals surface area contributed by atoms with Gasteiger partial charge in [0.15, 0.2) is 0 Å². The first-order valence-corrected chi connectivity index (χ1v) is 7.62. The molecule has 20 heavy (non-hydrogen) atoms. The number of aryl methyl sites for hydroxylation is 1. The summed E-state index contributed by atoms with van der Waals surface area (Å²) >= 11 is 0. The molecule has 1 aromatic carbocycles. The number of nitrogens with zero attached hydrogens (tertiary/aromatic N) is 1. The molecule has 1 amide bonds. The highest BCUT2D eigenvalue weighted by molar-refractivity contribution is 5.94. The van der Waals surface area contributed by atoms with Crippen molar-refractivity contribution in [1.29, 1.82) is 0 Å². The zero-order valence-electron chi connectivity index (χ0n) is 12.7. The number of rotatable bonds is 5. The van der Waals surface area contributed by atoms with Crippen LogP contribution in [0, 0.1) is 5.41 Å². The molecule has 0 unspecified atom stereocenters. The summed E-state index contributed by atoms with van der Waals surface area (Å²) < 4.78 is 0. The van der Waals surface area contributed by atoms with Crippen molar-refractivity contribution in [3.05, 3.63) is 29.8 Å². The molecular formula is C17H26N2O. The second-order valence-electron chi connectivity index (χ2n) is 6.50. The van der Waals surface area contributed by atoms with E-state index in [1.54, 1.807) is 0 Å². The van der Waals surface area contributed by atoms with Crippen LogP contribution < -0.4 is 10.6 Å². The number of hydrogen-bond donors (Lipinski definition) is 1. The Labute approximate surface area is 122 Å². The first-order valence-electron chi connectivity index (χ1n) is 7.62. The number of carbonyl (C=O) groups excluding carboxylic acids is 1. The maximum Gasteiger partial charge on any atom is 0.226 e. The number of fused-ring (bicyclic) bond motifs is 1. The number of para-hydroxylation sites is 1. The molecule has 1 heterocycles. The average molecular weight is 274 g/mol. The molecule has 0 aliphatic carbocycles. The minimum atomic E-state index is 0.161. The highest BCUT2D eigenvalue weighted by Crippen LogP contribution is 2.28. The minimum absolute atomic E-state index is 0.161. The third-order valence-electron chi connectivity index (χ3n) is 4.21. The SMILES string of the molecule is CC(C)(CN)CCCN1C(=O)CCCc2ccccc21. The van der Waals surface area contributed by atoms with Crippen LogP contribution in [-0.2, 0) is 11.2 Å². The number of hydrogen-bond acceptors (Lipinski definition) is 2. The summed E-state index contributed by atoms with van der Waals surface area (Å²) in [6.07, 6.45) is 4.68. The summed E-state index contributed by atoms with van der Waals surface area (Å²) in [4.78, 5) is 14.3. The number of benzene rings is 1. The molecular weight excluding hydrogens is 248 g/mol. The zero-order chi connectivity index (χ0) is 14.6. The van der Waals surface area contributed by atoms with Crippen LogP contribution >= 0.6 is 0 Å². The molecule has 0 saturated heterocycles. The predicted molar refractivity (Wildman–Crippen MR) is 83.8 cm³/mol. The van der Waals surface area contributed by atoms with Crippen LogP contribution in [0.3, 0.4) is 0 Å². The van der Waals surface area contributed by atoms with E-state index in [1.165, 1.54) is 5.56 Å². The fourth-order valence-electron chi connectivity index (χ4n) is 2.75. The monoisotopic (exact) mass is 274 g/mol. The topological polar surface area (TPSA) is 46.3 Å². The summed E-state index contributed by atoms with van der Waals surface area (Å²) in [5.74, 6) is 0.264. The van der Waals surface area contributed by atoms with E-state index in [2.05, 4.69) is 32.0 Å². The van der Waals surface area contributed by atoms with Gasteiger partial charge < -0.3 is 10.6 Å². The van der Waals surface area contributed by atoms with E-state index in [-0.39, 0.29) is 11.3 Å². The van der Waals surface area contributed by atoms with Gasteiger partial charge in [-0.1, -0.05) is 32.0 Å². The van der Waals surface area contributed by atoms with Crippen molar-refractivity contribution in [1.82, 2.24) is 0 Å². The van der Waals surface area contributed by atoms with Crippen molar-refractivity contribution >= 4 is 11.6 Å². The first-order chi connectivity index (χ1) is 9.53. The zero-order valence-corrected chi connectivity index (χ0v) is 12.7. The van der Waals surface area contributed by atoms with Crippen molar-refractivity contribution in [2.75, 3.05) is 18.0 Å². The summed E-state index contributed by atoms with van der Waals surface area (Å²) in [6.45, 7) is 5.87. The molecule has 0 radical (unpaired) electrons. The lowest BCUT2D eigenvalue weighted by Crippen LogP contribution is -2.32. The van der Waals surface area contributed by atoms with Gasteiger partial charge in [-0.15, -0.1) is 0 Å². The first kappa shape index (κ1) is 15.0. The predicted octanol–water partition coefficient (Wildman–Crippen LogP) is 3.12. The van der Waals surface area contributed by atoms with Crippen molar-refractivity contribution < 1.29 is 4.79 Å². The lowest BCUT2D eigenvalue weighted by molar-refractivity contribution is -0.118. The van der Waals surface area contributed by atoms with Crippen LogP contribution in [0.25, 0.3) is 0 Å². The van der Waals surface area contributed by atoms with E-state index in [9.17, 15) is 4.79 Å². The van der Waals surface area contributed by atoms with Gasteiger partial charge in [0.1, 0.15) is 0 Å². The summed E-state index contributed by atoms with van der Waals surface area (Å²) in [5.41, 5.74) is 8.35. The van der Waals surface area contributed by atoms with Gasteiger partial charge in [0.2, 0.25) is 5.91 Å². The van der Waals surface area contributed by atoms with Crippen molar-refractivity contribution in [2.45, 2.75) is 46.0 Å². The van der Waals surface area contributed by atoms with Gasteiger partial charge in [-0.25, -0.2) is 0 Å². The van der Waals surface area contributed by atoms with Gasteiger partial charge in [-0.2, -0.15) is 0 Å². The van der Waals surface area contributed by atoms with E-state index >= 15 is 0 Å². The molecule has 1 aromatic rings. The summed E-state index contributed by atoms with van der Waals surface area (Å²) in [5, 5.41) is 0. The number of amides is 1. The van der Waals surface area contributed by atoms with Crippen LogP contribution in [0.5, 0.6) is 0 Å². The molecule has 0 saturated carbocycles. The van der Waals surface area contributed by atoms with Gasteiger partial charge in [-0.3, -0.25) is 4.79 Å². The van der Waals surface area contributed by atoms with Gasteiger partial charge in [0.25, 0.3) is 0 Å². The van der Waals surface area contributed by atoms with E-state index in [0.717, 1.165) is 37.9 Å². The third kappa shape index (κ3) is 3.60. The second kappa shape index (κ2) is 6.40. The number of carbonyl (C=O) groups is 1. The molecule has 1 aliphatic heterocycles. The summed E-state index contributed by atoms with van der Waals surface area (Å²) in [7, 11) is 0. The van der Waals surface area contributed by atoms with Crippen LogP contribution in [0.4, 0.5) is 5.69 Å². The Morgan fingerprint density at radius 2 is 2.00 bits per heavy atom. The molecule has 3 heteroatoms. The van der Waals surface area contributed by atoms with E-state index in [0.29, 0.717) is 13.0 Å². The van der Waals surface area contributed by atoms with E-state index < -0.39 is 0 Å². The fourth-order valence-corrected chi connectivity index (χ4v) is 2.75. The van der Waals surface area contributed by atoms with Crippen molar-refractivity contribution in [2.24, 2.45) is 11.1 Å². The van der Waals surface area contributed by atoms with Gasteiger partial charge >= 0.3 is 0 Å². The highest BCUT2D eigenvalue weighted by Gasteiger charge is 2.22. The van der Waals surface area contributed by atoms with E-state index in [1.807, 2.05) is 11.0 Å². The van der Waals surface area contributed by atoms with Crippen molar-refractivity contribution in [3.63, 3.8) is 0 Å². The molecule has 3 nitrogen and oxygen atoms in total. The lowest BCUT2D eigenvalue weighted by atomic mass is 9.88. The summed E-state index contributed by atoms with van der Waals surface area (Å²) in [6, 6.07) is 8.30. The normalized spacial score (nSPS) is 15.9. The Bertz CT molecular complexity index is 468. The average Bonchev–Trinajstić information content (AvgIpc) is 2.59. The number of nitrogens with two attached hydrogens (primary N) is 1. The quantitative estimate of drug-likeness (QED) is 0.896. The molecule has 0 spiro atoms. The Hall–Kier alpha value is -1.35. The third-order valence-corrected chi connectivity index (χ3v) is 4.21.